The smallest absolute Gasteiger partial charge is 0.235 e. The molecule has 2 rings (SSSR count). The molecule has 0 radical (unpaired) electrons. The predicted molar refractivity (Wildman–Crippen MR) is 61.0 cm³/mol. The highest BCUT2D eigenvalue weighted by Gasteiger charge is 2.44. The summed E-state index contributed by atoms with van der Waals surface area (Å²) in [4.78, 5) is 32.7. The third kappa shape index (κ3) is 2.29. The fourth-order valence-corrected chi connectivity index (χ4v) is 1.87. The van der Waals surface area contributed by atoms with Crippen LogP contribution in [0.25, 0.3) is 0 Å². The van der Waals surface area contributed by atoms with Gasteiger partial charge in [0.1, 0.15) is 5.15 Å². The number of hydrogen-bond donors (Lipinski definition) is 0. The predicted octanol–water partition coefficient (Wildman–Crippen LogP) is 1.42. The summed E-state index contributed by atoms with van der Waals surface area (Å²) in [5.41, 5.74) is -0.0643. The number of aromatic nitrogens is 2. The monoisotopic (exact) mass is 253 g/mol. The Labute approximate surface area is 104 Å². The Balaban J connectivity index is 2.17. The molecule has 0 saturated carbocycles. The zero-order chi connectivity index (χ0) is 12.6. The fourth-order valence-electron chi connectivity index (χ4n) is 1.77. The van der Waals surface area contributed by atoms with Crippen LogP contribution in [0.1, 0.15) is 26.0 Å². The zero-order valence-electron chi connectivity index (χ0n) is 9.61. The largest absolute Gasteiger partial charge is 0.276 e. The number of rotatable bonds is 2. The van der Waals surface area contributed by atoms with Gasteiger partial charge in [-0.3, -0.25) is 19.5 Å². The Kier molecular flexibility index (Phi) is 2.87. The van der Waals surface area contributed by atoms with E-state index in [4.69, 9.17) is 11.6 Å². The SMILES string of the molecule is CC1(C)CC(=O)N(Cc2cnc(Cl)cn2)C1=O. The average molecular weight is 254 g/mol. The molecule has 0 unspecified atom stereocenters. The van der Waals surface area contributed by atoms with Gasteiger partial charge in [-0.1, -0.05) is 25.4 Å². The molecule has 0 spiro atoms. The highest BCUT2D eigenvalue weighted by atomic mass is 35.5. The minimum atomic E-state index is -0.614. The summed E-state index contributed by atoms with van der Waals surface area (Å²) >= 11 is 5.61. The minimum absolute atomic E-state index is 0.158. The molecule has 2 heterocycles. The van der Waals surface area contributed by atoms with Crippen LogP contribution < -0.4 is 0 Å². The van der Waals surface area contributed by atoms with Gasteiger partial charge in [0.15, 0.2) is 0 Å². The van der Waals surface area contributed by atoms with Gasteiger partial charge in [0.05, 0.1) is 30.0 Å². The number of carbonyl (C=O) groups is 2. The molecule has 2 amide bonds. The summed E-state index contributed by atoms with van der Waals surface area (Å²) < 4.78 is 0. The van der Waals surface area contributed by atoms with Crippen molar-refractivity contribution in [2.24, 2.45) is 5.41 Å². The quantitative estimate of drug-likeness (QED) is 0.748. The van der Waals surface area contributed by atoms with Gasteiger partial charge in [-0.15, -0.1) is 0 Å². The van der Waals surface area contributed by atoms with Gasteiger partial charge in [0.2, 0.25) is 11.8 Å². The second kappa shape index (κ2) is 4.07. The van der Waals surface area contributed by atoms with E-state index in [-0.39, 0.29) is 29.9 Å². The van der Waals surface area contributed by atoms with Crippen LogP contribution in [0, 0.1) is 5.41 Å². The first-order valence-electron chi connectivity index (χ1n) is 5.21. The first-order chi connectivity index (χ1) is 7.90. The molecule has 1 fully saturated rings. The van der Waals surface area contributed by atoms with E-state index in [2.05, 4.69) is 9.97 Å². The topological polar surface area (TPSA) is 63.2 Å². The summed E-state index contributed by atoms with van der Waals surface area (Å²) in [6, 6.07) is 0. The average Bonchev–Trinajstić information content (AvgIpc) is 2.44. The van der Waals surface area contributed by atoms with Gasteiger partial charge in [-0.25, -0.2) is 4.98 Å². The standard InChI is InChI=1S/C11H12ClN3O2/c1-11(2)3-9(16)15(10(11)17)6-7-4-14-8(12)5-13-7/h4-5H,3,6H2,1-2H3. The lowest BCUT2D eigenvalue weighted by Crippen LogP contribution is -2.32. The van der Waals surface area contributed by atoms with Crippen LogP contribution in [0.3, 0.4) is 0 Å². The molecule has 0 aromatic carbocycles. The highest BCUT2D eigenvalue weighted by Crippen LogP contribution is 2.32. The number of hydrogen-bond acceptors (Lipinski definition) is 4. The van der Waals surface area contributed by atoms with E-state index < -0.39 is 5.41 Å². The molecule has 90 valence electrons. The Bertz CT molecular complexity index is 470. The highest BCUT2D eigenvalue weighted by molar-refractivity contribution is 6.29. The molecule has 1 aromatic heterocycles. The summed E-state index contributed by atoms with van der Waals surface area (Å²) in [6.07, 6.45) is 3.11. The lowest BCUT2D eigenvalue weighted by atomic mass is 9.92. The van der Waals surface area contributed by atoms with Gasteiger partial charge in [-0.05, 0) is 0 Å². The minimum Gasteiger partial charge on any atom is -0.276 e. The van der Waals surface area contributed by atoms with E-state index in [1.807, 2.05) is 0 Å². The molecular formula is C11H12ClN3O2. The second-order valence-corrected chi connectivity index (χ2v) is 5.06. The lowest BCUT2D eigenvalue weighted by molar-refractivity contribution is -0.141. The van der Waals surface area contributed by atoms with Crippen LogP contribution in [0.15, 0.2) is 12.4 Å². The molecule has 6 heteroatoms. The van der Waals surface area contributed by atoms with Gasteiger partial charge in [0.25, 0.3) is 0 Å². The van der Waals surface area contributed by atoms with Crippen molar-refractivity contribution in [3.05, 3.63) is 23.2 Å². The first kappa shape index (κ1) is 12.0. The fraction of sp³-hybridized carbons (Fsp3) is 0.455. The van der Waals surface area contributed by atoms with E-state index in [0.29, 0.717) is 5.69 Å². The molecule has 1 aromatic rings. The molecule has 0 N–H and O–H groups in total. The van der Waals surface area contributed by atoms with Gasteiger partial charge < -0.3 is 0 Å². The van der Waals surface area contributed by atoms with Crippen molar-refractivity contribution in [2.45, 2.75) is 26.8 Å². The maximum absolute atomic E-state index is 11.9. The van der Waals surface area contributed by atoms with Crippen molar-refractivity contribution in [3.63, 3.8) is 0 Å². The molecule has 17 heavy (non-hydrogen) atoms. The number of imide groups is 1. The lowest BCUT2D eigenvalue weighted by Gasteiger charge is -2.17. The normalized spacial score (nSPS) is 18.9. The van der Waals surface area contributed by atoms with Gasteiger partial charge in [-0.2, -0.15) is 0 Å². The molecule has 0 bridgehead atoms. The van der Waals surface area contributed by atoms with Crippen LogP contribution in [-0.2, 0) is 16.1 Å². The maximum Gasteiger partial charge on any atom is 0.235 e. The molecule has 0 aliphatic carbocycles. The zero-order valence-corrected chi connectivity index (χ0v) is 10.4. The second-order valence-electron chi connectivity index (χ2n) is 4.68. The Hall–Kier alpha value is -1.49. The van der Waals surface area contributed by atoms with Gasteiger partial charge in [0, 0.05) is 6.42 Å². The maximum atomic E-state index is 11.9. The number of nitrogens with zero attached hydrogens (tertiary/aromatic N) is 3. The van der Waals surface area contributed by atoms with Crippen molar-refractivity contribution < 1.29 is 9.59 Å². The van der Waals surface area contributed by atoms with Crippen molar-refractivity contribution in [3.8, 4) is 0 Å². The van der Waals surface area contributed by atoms with Crippen molar-refractivity contribution in [1.29, 1.82) is 0 Å². The van der Waals surface area contributed by atoms with E-state index in [0.717, 1.165) is 0 Å². The van der Waals surface area contributed by atoms with Gasteiger partial charge >= 0.3 is 0 Å². The molecular weight excluding hydrogens is 242 g/mol. The summed E-state index contributed by atoms with van der Waals surface area (Å²) in [5, 5.41) is 0.285. The number of likely N-dealkylation sites (tertiary alicyclic amines) is 1. The Morgan fingerprint density at radius 3 is 2.53 bits per heavy atom. The molecule has 5 nitrogen and oxygen atoms in total. The van der Waals surface area contributed by atoms with Crippen molar-refractivity contribution >= 4 is 23.4 Å². The third-order valence-electron chi connectivity index (χ3n) is 2.71. The Morgan fingerprint density at radius 2 is 2.06 bits per heavy atom. The van der Waals surface area contributed by atoms with Crippen LogP contribution in [0.2, 0.25) is 5.15 Å². The van der Waals surface area contributed by atoms with Crippen LogP contribution in [0.4, 0.5) is 0 Å². The molecule has 1 aliphatic rings. The van der Waals surface area contributed by atoms with Crippen LogP contribution >= 0.6 is 11.6 Å². The number of halogens is 1. The van der Waals surface area contributed by atoms with E-state index >= 15 is 0 Å². The number of carbonyl (C=O) groups excluding carboxylic acids is 2. The van der Waals surface area contributed by atoms with Crippen molar-refractivity contribution in [1.82, 2.24) is 14.9 Å². The van der Waals surface area contributed by atoms with E-state index in [1.54, 1.807) is 13.8 Å². The summed E-state index contributed by atoms with van der Waals surface area (Å²) in [6.45, 7) is 3.69. The van der Waals surface area contributed by atoms with Crippen LogP contribution in [0.5, 0.6) is 0 Å². The summed E-state index contributed by atoms with van der Waals surface area (Å²) in [7, 11) is 0. The van der Waals surface area contributed by atoms with E-state index in [9.17, 15) is 9.59 Å². The summed E-state index contributed by atoms with van der Waals surface area (Å²) in [5.74, 6) is -0.337. The molecule has 1 aliphatic heterocycles. The molecule has 1 saturated heterocycles. The third-order valence-corrected chi connectivity index (χ3v) is 2.91. The number of amides is 2. The molecule has 0 atom stereocenters. The van der Waals surface area contributed by atoms with E-state index in [1.165, 1.54) is 17.3 Å². The Morgan fingerprint density at radius 1 is 1.35 bits per heavy atom. The van der Waals surface area contributed by atoms with Crippen LogP contribution in [-0.4, -0.2) is 26.7 Å². The van der Waals surface area contributed by atoms with Crippen molar-refractivity contribution in [2.75, 3.05) is 0 Å². The first-order valence-corrected chi connectivity index (χ1v) is 5.59.